The van der Waals surface area contributed by atoms with E-state index in [0.717, 1.165) is 21.8 Å². The van der Waals surface area contributed by atoms with Gasteiger partial charge in [-0.25, -0.2) is 0 Å². The first-order chi connectivity index (χ1) is 13.0. The predicted molar refractivity (Wildman–Crippen MR) is 103 cm³/mol. The molecule has 132 valence electrons. The van der Waals surface area contributed by atoms with Gasteiger partial charge in [0.15, 0.2) is 5.41 Å². The highest BCUT2D eigenvalue weighted by atomic mass is 16.2. The normalized spacial score (nSPS) is 11.6. The Morgan fingerprint density at radius 1 is 0.704 bits per heavy atom. The quantitative estimate of drug-likeness (QED) is 0.545. The first-order valence-corrected chi connectivity index (χ1v) is 8.34. The number of pyridine rings is 2. The molecule has 0 atom stereocenters. The number of hydrogen-bond acceptors (Lipinski definition) is 4. The molecule has 27 heavy (non-hydrogen) atoms. The van der Waals surface area contributed by atoms with Crippen LogP contribution in [0.15, 0.2) is 73.1 Å². The van der Waals surface area contributed by atoms with E-state index in [2.05, 4.69) is 9.97 Å². The summed E-state index contributed by atoms with van der Waals surface area (Å²) < 4.78 is 0. The van der Waals surface area contributed by atoms with Gasteiger partial charge in [0.05, 0.1) is 11.0 Å². The number of aromatic nitrogens is 2. The van der Waals surface area contributed by atoms with Crippen LogP contribution in [0.5, 0.6) is 0 Å². The highest BCUT2D eigenvalue weighted by Crippen LogP contribution is 2.35. The SMILES string of the molecule is NC(=O)C(C(N)=O)(c1ccc2ncccc2c1)c1ccc2ncccc2c1. The van der Waals surface area contributed by atoms with E-state index in [9.17, 15) is 9.59 Å². The molecule has 0 spiro atoms. The van der Waals surface area contributed by atoms with Crippen LogP contribution >= 0.6 is 0 Å². The van der Waals surface area contributed by atoms with Crippen molar-refractivity contribution in [1.29, 1.82) is 0 Å². The number of rotatable bonds is 4. The van der Waals surface area contributed by atoms with E-state index in [4.69, 9.17) is 11.5 Å². The molecule has 0 fully saturated rings. The van der Waals surface area contributed by atoms with E-state index in [1.54, 1.807) is 60.9 Å². The first kappa shape index (κ1) is 16.7. The summed E-state index contributed by atoms with van der Waals surface area (Å²) in [5.41, 5.74) is 12.0. The van der Waals surface area contributed by atoms with Gasteiger partial charge in [-0.15, -0.1) is 0 Å². The van der Waals surface area contributed by atoms with Crippen molar-refractivity contribution in [2.75, 3.05) is 0 Å². The van der Waals surface area contributed by atoms with E-state index in [-0.39, 0.29) is 0 Å². The number of carbonyl (C=O) groups excluding carboxylic acids is 2. The number of hydrogen-bond donors (Lipinski definition) is 2. The van der Waals surface area contributed by atoms with Crippen LogP contribution in [0.3, 0.4) is 0 Å². The Labute approximate surface area is 154 Å². The average Bonchev–Trinajstić information content (AvgIpc) is 2.68. The van der Waals surface area contributed by atoms with E-state index in [1.807, 2.05) is 12.1 Å². The topological polar surface area (TPSA) is 112 Å². The smallest absolute Gasteiger partial charge is 0.242 e. The van der Waals surface area contributed by atoms with Crippen LogP contribution in [0.2, 0.25) is 0 Å². The molecule has 4 N–H and O–H groups in total. The van der Waals surface area contributed by atoms with Crippen LogP contribution in [0.4, 0.5) is 0 Å². The van der Waals surface area contributed by atoms with Gasteiger partial charge >= 0.3 is 0 Å². The Morgan fingerprint density at radius 2 is 1.15 bits per heavy atom. The van der Waals surface area contributed by atoms with Crippen molar-refractivity contribution >= 4 is 33.6 Å². The third kappa shape index (κ3) is 2.50. The van der Waals surface area contributed by atoms with Gasteiger partial charge in [-0.2, -0.15) is 0 Å². The Morgan fingerprint density at radius 3 is 1.56 bits per heavy atom. The maximum Gasteiger partial charge on any atom is 0.242 e. The number of nitrogens with zero attached hydrogens (tertiary/aromatic N) is 2. The summed E-state index contributed by atoms with van der Waals surface area (Å²) in [4.78, 5) is 33.8. The van der Waals surface area contributed by atoms with Crippen molar-refractivity contribution in [2.45, 2.75) is 5.41 Å². The zero-order valence-corrected chi connectivity index (χ0v) is 14.3. The Bertz CT molecular complexity index is 1110. The van der Waals surface area contributed by atoms with Gasteiger partial charge in [0.25, 0.3) is 0 Å². The molecule has 0 radical (unpaired) electrons. The lowest BCUT2D eigenvalue weighted by Crippen LogP contribution is -2.52. The third-order valence-corrected chi connectivity index (χ3v) is 4.81. The van der Waals surface area contributed by atoms with Gasteiger partial charge in [0.2, 0.25) is 11.8 Å². The van der Waals surface area contributed by atoms with Crippen LogP contribution < -0.4 is 11.5 Å². The third-order valence-electron chi connectivity index (χ3n) is 4.81. The molecule has 6 nitrogen and oxygen atoms in total. The van der Waals surface area contributed by atoms with Gasteiger partial charge < -0.3 is 11.5 Å². The van der Waals surface area contributed by atoms with Crippen molar-refractivity contribution in [3.05, 3.63) is 84.2 Å². The van der Waals surface area contributed by atoms with Crippen LogP contribution in [-0.4, -0.2) is 21.8 Å². The number of fused-ring (bicyclic) bond motifs is 2. The van der Waals surface area contributed by atoms with Crippen molar-refractivity contribution in [2.24, 2.45) is 11.5 Å². The fourth-order valence-electron chi connectivity index (χ4n) is 3.47. The molecule has 0 unspecified atom stereocenters. The van der Waals surface area contributed by atoms with Crippen LogP contribution in [0.25, 0.3) is 21.8 Å². The molecule has 2 heterocycles. The predicted octanol–water partition coefficient (Wildman–Crippen LogP) is 2.04. The van der Waals surface area contributed by atoms with E-state index >= 15 is 0 Å². The number of nitrogens with two attached hydrogens (primary N) is 2. The summed E-state index contributed by atoms with van der Waals surface area (Å²) >= 11 is 0. The maximum absolute atomic E-state index is 12.6. The minimum Gasteiger partial charge on any atom is -0.368 e. The van der Waals surface area contributed by atoms with Crippen LogP contribution in [-0.2, 0) is 15.0 Å². The summed E-state index contributed by atoms with van der Waals surface area (Å²) in [6.45, 7) is 0. The molecule has 2 amide bonds. The minimum atomic E-state index is -1.80. The second kappa shape index (κ2) is 6.17. The van der Waals surface area contributed by atoms with Crippen molar-refractivity contribution in [1.82, 2.24) is 9.97 Å². The number of amides is 2. The van der Waals surface area contributed by atoms with E-state index in [0.29, 0.717) is 11.1 Å². The lowest BCUT2D eigenvalue weighted by molar-refractivity contribution is -0.132. The number of carbonyl (C=O) groups is 2. The molecular weight excluding hydrogens is 340 g/mol. The molecule has 0 aliphatic heterocycles. The zero-order valence-electron chi connectivity index (χ0n) is 14.3. The summed E-state index contributed by atoms with van der Waals surface area (Å²) in [5.74, 6) is -1.66. The molecule has 0 bridgehead atoms. The van der Waals surface area contributed by atoms with E-state index in [1.165, 1.54) is 0 Å². The lowest BCUT2D eigenvalue weighted by atomic mass is 9.72. The van der Waals surface area contributed by atoms with Gasteiger partial charge in [-0.05, 0) is 47.5 Å². The Balaban J connectivity index is 2.03. The first-order valence-electron chi connectivity index (χ1n) is 8.34. The summed E-state index contributed by atoms with van der Waals surface area (Å²) in [6, 6.07) is 17.5. The van der Waals surface area contributed by atoms with Crippen molar-refractivity contribution in [3.63, 3.8) is 0 Å². The number of primary amides is 2. The zero-order chi connectivity index (χ0) is 19.0. The maximum atomic E-state index is 12.6. The highest BCUT2D eigenvalue weighted by Gasteiger charge is 2.46. The van der Waals surface area contributed by atoms with Crippen LogP contribution in [0, 0.1) is 0 Å². The molecule has 0 aliphatic rings. The van der Waals surface area contributed by atoms with Crippen molar-refractivity contribution in [3.8, 4) is 0 Å². The van der Waals surface area contributed by atoms with E-state index < -0.39 is 17.2 Å². The van der Waals surface area contributed by atoms with Crippen LogP contribution in [0.1, 0.15) is 11.1 Å². The van der Waals surface area contributed by atoms with Gasteiger partial charge in [-0.1, -0.05) is 24.3 Å². The molecular formula is C21H16N4O2. The molecule has 2 aromatic carbocycles. The largest absolute Gasteiger partial charge is 0.368 e. The molecule has 4 aromatic rings. The summed E-state index contributed by atoms with van der Waals surface area (Å²) in [7, 11) is 0. The fourth-order valence-corrected chi connectivity index (χ4v) is 3.47. The summed E-state index contributed by atoms with van der Waals surface area (Å²) in [5, 5.41) is 1.56. The average molecular weight is 356 g/mol. The second-order valence-corrected chi connectivity index (χ2v) is 6.30. The Kier molecular flexibility index (Phi) is 3.81. The number of benzene rings is 2. The molecule has 2 aromatic heterocycles. The highest BCUT2D eigenvalue weighted by molar-refractivity contribution is 6.14. The molecule has 4 rings (SSSR count). The standard InChI is InChI=1S/C21H16N4O2/c22-19(26)21(20(23)27,15-5-7-17-13(11-15)3-1-9-24-17)16-6-8-18-14(12-16)4-2-10-25-18/h1-12H,(H2,22,26)(H2,23,27). The molecule has 0 saturated heterocycles. The van der Waals surface area contributed by atoms with Gasteiger partial charge in [-0.3, -0.25) is 19.6 Å². The monoisotopic (exact) mass is 356 g/mol. The summed E-state index contributed by atoms with van der Waals surface area (Å²) in [6.07, 6.45) is 3.35. The second-order valence-electron chi connectivity index (χ2n) is 6.30. The molecule has 0 saturated carbocycles. The fraction of sp³-hybridized carbons (Fsp3) is 0.0476. The van der Waals surface area contributed by atoms with Crippen molar-refractivity contribution < 1.29 is 9.59 Å². The van der Waals surface area contributed by atoms with Gasteiger partial charge in [0, 0.05) is 23.2 Å². The lowest BCUT2D eigenvalue weighted by Gasteiger charge is -2.29. The molecule has 6 heteroatoms. The molecule has 0 aliphatic carbocycles. The van der Waals surface area contributed by atoms with Gasteiger partial charge in [0.1, 0.15) is 0 Å². The Hall–Kier alpha value is -3.80. The minimum absolute atomic E-state index is 0.409.